The number of carbonyl (C=O) groups excluding carboxylic acids is 2. The molecule has 174 valence electrons. The number of benzene rings is 2. The number of esters is 1. The van der Waals surface area contributed by atoms with Gasteiger partial charge in [-0.15, -0.1) is 0 Å². The highest BCUT2D eigenvalue weighted by atomic mass is 16.6. The van der Waals surface area contributed by atoms with Crippen LogP contribution in [-0.2, 0) is 9.47 Å². The van der Waals surface area contributed by atoms with Crippen LogP contribution in [-0.4, -0.2) is 62.2 Å². The summed E-state index contributed by atoms with van der Waals surface area (Å²) >= 11 is 0. The summed E-state index contributed by atoms with van der Waals surface area (Å²) in [5.41, 5.74) is -1.14. The molecule has 33 heavy (non-hydrogen) atoms. The summed E-state index contributed by atoms with van der Waals surface area (Å²) in [6.07, 6.45) is -0.762. The minimum atomic E-state index is -1.90. The molecule has 0 saturated heterocycles. The van der Waals surface area contributed by atoms with Gasteiger partial charge >= 0.3 is 26.3 Å². The van der Waals surface area contributed by atoms with E-state index in [-0.39, 0.29) is 22.0 Å². The predicted octanol–water partition coefficient (Wildman–Crippen LogP) is 0.893. The largest absolute Gasteiger partial charge is 0.488 e. The lowest BCUT2D eigenvalue weighted by molar-refractivity contribution is 0.00716. The Balaban J connectivity index is 2.47. The van der Waals surface area contributed by atoms with Crippen molar-refractivity contribution in [3.05, 3.63) is 35.9 Å². The van der Waals surface area contributed by atoms with Gasteiger partial charge in [0, 0.05) is 10.8 Å². The molecule has 0 aliphatic heterocycles. The number of rotatable bonds is 3. The Bertz CT molecular complexity index is 1240. The van der Waals surface area contributed by atoms with Crippen molar-refractivity contribution in [1.29, 1.82) is 0 Å². The molecule has 9 nitrogen and oxygen atoms in total. The minimum absolute atomic E-state index is 0.00143. The van der Waals surface area contributed by atoms with Gasteiger partial charge in [-0.2, -0.15) is 0 Å². The fraction of sp³-hybridized carbons (Fsp3) is 0.364. The molecule has 0 saturated carbocycles. The fourth-order valence-corrected chi connectivity index (χ4v) is 3.48. The van der Waals surface area contributed by atoms with E-state index in [2.05, 4.69) is 0 Å². The van der Waals surface area contributed by atoms with Gasteiger partial charge in [0.05, 0.1) is 16.6 Å². The lowest BCUT2D eigenvalue weighted by Gasteiger charge is -2.22. The minimum Gasteiger partial charge on any atom is -0.456 e. The second-order valence-electron chi connectivity index (χ2n) is 9.81. The van der Waals surface area contributed by atoms with Crippen molar-refractivity contribution in [3.8, 4) is 0 Å². The molecule has 0 spiro atoms. The quantitative estimate of drug-likeness (QED) is 0.338. The summed E-state index contributed by atoms with van der Waals surface area (Å²) in [5.74, 6) is -0.773. The van der Waals surface area contributed by atoms with Gasteiger partial charge < -0.3 is 29.6 Å². The number of ether oxygens (including phenoxy) is 2. The lowest BCUT2D eigenvalue weighted by Crippen LogP contribution is -2.32. The van der Waals surface area contributed by atoms with Crippen LogP contribution in [0.1, 0.15) is 51.9 Å². The summed E-state index contributed by atoms with van der Waals surface area (Å²) in [7, 11) is -3.67. The molecule has 0 unspecified atom stereocenters. The number of hydrogen-bond acceptors (Lipinski definition) is 8. The molecule has 0 amide bonds. The average molecular weight is 455 g/mol. The highest BCUT2D eigenvalue weighted by Gasteiger charge is 2.30. The van der Waals surface area contributed by atoms with Crippen molar-refractivity contribution in [3.63, 3.8) is 0 Å². The molecule has 0 radical (unpaired) electrons. The van der Waals surface area contributed by atoms with Crippen molar-refractivity contribution < 1.29 is 39.2 Å². The molecule has 1 heterocycles. The van der Waals surface area contributed by atoms with E-state index >= 15 is 0 Å². The van der Waals surface area contributed by atoms with Crippen LogP contribution in [0.5, 0.6) is 0 Å². The van der Waals surface area contributed by atoms with Crippen molar-refractivity contribution in [2.24, 2.45) is 0 Å². The van der Waals surface area contributed by atoms with E-state index in [1.165, 1.54) is 34.9 Å². The maximum Gasteiger partial charge on any atom is 0.488 e. The maximum atomic E-state index is 13.2. The number of nitrogens with zero attached hydrogens (tertiary/aromatic N) is 1. The molecule has 3 aromatic rings. The van der Waals surface area contributed by atoms with Gasteiger partial charge in [0.25, 0.3) is 0 Å². The number of aromatic nitrogens is 1. The normalized spacial score (nSPS) is 12.2. The average Bonchev–Trinajstić information content (AvgIpc) is 2.98. The molecule has 1 aromatic heterocycles. The highest BCUT2D eigenvalue weighted by Crippen LogP contribution is 2.32. The first-order valence-corrected chi connectivity index (χ1v) is 10.4. The second-order valence-corrected chi connectivity index (χ2v) is 9.81. The molecule has 11 heteroatoms. The van der Waals surface area contributed by atoms with Crippen LogP contribution < -0.4 is 10.9 Å². The van der Waals surface area contributed by atoms with E-state index in [9.17, 15) is 29.7 Å². The van der Waals surface area contributed by atoms with Crippen molar-refractivity contribution in [1.82, 2.24) is 4.57 Å². The smallest absolute Gasteiger partial charge is 0.456 e. The van der Waals surface area contributed by atoms with E-state index in [4.69, 9.17) is 9.47 Å². The third kappa shape index (κ3) is 5.22. The van der Waals surface area contributed by atoms with Crippen molar-refractivity contribution >= 4 is 59.0 Å². The van der Waals surface area contributed by atoms with Crippen LogP contribution in [0.2, 0.25) is 0 Å². The Labute approximate surface area is 191 Å². The zero-order valence-electron chi connectivity index (χ0n) is 19.4. The summed E-state index contributed by atoms with van der Waals surface area (Å²) in [6, 6.07) is 7.06. The van der Waals surface area contributed by atoms with Crippen molar-refractivity contribution in [2.45, 2.75) is 52.7 Å². The summed E-state index contributed by atoms with van der Waals surface area (Å²) in [4.78, 5) is 26.4. The van der Waals surface area contributed by atoms with E-state index < -0.39 is 37.5 Å². The Hall–Kier alpha value is -2.85. The third-order valence-electron chi connectivity index (χ3n) is 4.70. The van der Waals surface area contributed by atoms with E-state index in [0.717, 1.165) is 0 Å². The molecule has 0 aliphatic rings. The van der Waals surface area contributed by atoms with Crippen LogP contribution in [0.4, 0.5) is 4.79 Å². The molecule has 0 atom stereocenters. The molecule has 4 N–H and O–H groups in total. The van der Waals surface area contributed by atoms with Crippen LogP contribution in [0.25, 0.3) is 21.8 Å². The Kier molecular flexibility index (Phi) is 6.38. The van der Waals surface area contributed by atoms with Gasteiger partial charge in [0.15, 0.2) is 0 Å². The van der Waals surface area contributed by atoms with E-state index in [1.807, 2.05) is 0 Å². The predicted molar refractivity (Wildman–Crippen MR) is 126 cm³/mol. The lowest BCUT2D eigenvalue weighted by atomic mass is 9.77. The zero-order valence-corrected chi connectivity index (χ0v) is 19.4. The van der Waals surface area contributed by atoms with Crippen LogP contribution in [0, 0.1) is 0 Å². The molecule has 3 rings (SSSR count). The summed E-state index contributed by atoms with van der Waals surface area (Å²) in [5, 5.41) is 39.6. The first kappa shape index (κ1) is 24.8. The second kappa shape index (κ2) is 8.49. The standard InChI is InChI=1S/C22H27B2NO8/c1-21(2,3)32-19(26)16-11-13(24(30)31)10-15-14-9-12(23(28)29)7-8-17(14)25(18(15)16)20(27)33-22(4,5)6/h7-11,28-31H,1-6H3. The van der Waals surface area contributed by atoms with Gasteiger partial charge in [-0.25, -0.2) is 14.2 Å². The highest BCUT2D eigenvalue weighted by molar-refractivity contribution is 6.60. The summed E-state index contributed by atoms with van der Waals surface area (Å²) in [6.45, 7) is 10.2. The van der Waals surface area contributed by atoms with Crippen molar-refractivity contribution in [2.75, 3.05) is 0 Å². The molecule has 0 aliphatic carbocycles. The number of hydrogen-bond donors (Lipinski definition) is 4. The van der Waals surface area contributed by atoms with E-state index in [0.29, 0.717) is 16.3 Å². The van der Waals surface area contributed by atoms with Gasteiger partial charge in [-0.1, -0.05) is 18.2 Å². The number of fused-ring (bicyclic) bond motifs is 3. The molecule has 2 aromatic carbocycles. The summed E-state index contributed by atoms with van der Waals surface area (Å²) < 4.78 is 12.3. The number of carbonyl (C=O) groups is 2. The monoisotopic (exact) mass is 455 g/mol. The molecule has 0 fully saturated rings. The topological polar surface area (TPSA) is 138 Å². The first-order valence-electron chi connectivity index (χ1n) is 10.4. The molecular weight excluding hydrogens is 428 g/mol. The van der Waals surface area contributed by atoms with Gasteiger partial charge in [-0.3, -0.25) is 0 Å². The Morgan fingerprint density at radius 3 is 1.85 bits per heavy atom. The molecule has 0 bridgehead atoms. The van der Waals surface area contributed by atoms with Gasteiger partial charge in [0.2, 0.25) is 0 Å². The first-order chi connectivity index (χ1) is 15.1. The van der Waals surface area contributed by atoms with Crippen LogP contribution in [0.15, 0.2) is 30.3 Å². The third-order valence-corrected chi connectivity index (χ3v) is 4.70. The Morgan fingerprint density at radius 2 is 1.33 bits per heavy atom. The van der Waals surface area contributed by atoms with Gasteiger partial charge in [-0.05, 0) is 64.6 Å². The van der Waals surface area contributed by atoms with Gasteiger partial charge in [0.1, 0.15) is 11.2 Å². The van der Waals surface area contributed by atoms with E-state index in [1.54, 1.807) is 41.5 Å². The maximum absolute atomic E-state index is 13.2. The zero-order chi connectivity index (χ0) is 24.9. The van der Waals surface area contributed by atoms with Crippen LogP contribution >= 0.6 is 0 Å². The Morgan fingerprint density at radius 1 is 0.788 bits per heavy atom. The molecular formula is C22H27B2NO8. The van der Waals surface area contributed by atoms with Crippen LogP contribution in [0.3, 0.4) is 0 Å². The SMILES string of the molecule is CC(C)(C)OC(=O)c1cc(B(O)O)cc2c3cc(B(O)O)ccc3n(C(=O)OC(C)(C)C)c12. The fourth-order valence-electron chi connectivity index (χ4n) is 3.48.